The number of rotatable bonds is 4. The lowest BCUT2D eigenvalue weighted by atomic mass is 10.0. The summed E-state index contributed by atoms with van der Waals surface area (Å²) >= 11 is 0. The van der Waals surface area contributed by atoms with Crippen LogP contribution in [0.25, 0.3) is 16.5 Å². The van der Waals surface area contributed by atoms with Crippen molar-refractivity contribution in [3.05, 3.63) is 64.1 Å². The van der Waals surface area contributed by atoms with E-state index in [-0.39, 0.29) is 11.6 Å². The number of nitrogens with one attached hydrogen (secondary N) is 1. The highest BCUT2D eigenvalue weighted by atomic mass is 16.5. The smallest absolute Gasteiger partial charge is 0.263 e. The van der Waals surface area contributed by atoms with Crippen LogP contribution < -0.4 is 10.9 Å². The van der Waals surface area contributed by atoms with Crippen molar-refractivity contribution in [3.63, 3.8) is 0 Å². The second kappa shape index (κ2) is 7.83. The first-order valence-corrected chi connectivity index (χ1v) is 10.0. The summed E-state index contributed by atoms with van der Waals surface area (Å²) in [5.74, 6) is 0. The van der Waals surface area contributed by atoms with Gasteiger partial charge < -0.3 is 10.1 Å². The number of fused-ring (bicyclic) bond motifs is 1. The molecule has 4 heteroatoms. The molecule has 1 aromatic heterocycles. The van der Waals surface area contributed by atoms with E-state index in [1.54, 1.807) is 0 Å². The number of ether oxygens (including phenoxy) is 1. The number of allylic oxidation sites excluding steroid dienone is 4. The van der Waals surface area contributed by atoms with Crippen molar-refractivity contribution in [1.82, 2.24) is 9.88 Å². The summed E-state index contributed by atoms with van der Waals surface area (Å²) in [5, 5.41) is 5.57. The van der Waals surface area contributed by atoms with E-state index in [1.807, 2.05) is 29.7 Å². The van der Waals surface area contributed by atoms with Crippen LogP contribution in [0.15, 0.2) is 47.3 Å². The van der Waals surface area contributed by atoms with Crippen LogP contribution in [0.3, 0.4) is 0 Å². The lowest BCUT2D eigenvalue weighted by Gasteiger charge is -2.29. The van der Waals surface area contributed by atoms with E-state index < -0.39 is 0 Å². The number of pyridine rings is 1. The van der Waals surface area contributed by atoms with Crippen LogP contribution in [0.1, 0.15) is 49.9 Å². The number of hydrogen-bond donors (Lipinski definition) is 1. The molecule has 142 valence electrons. The summed E-state index contributed by atoms with van der Waals surface area (Å²) in [6, 6.07) is 8.79. The van der Waals surface area contributed by atoms with Crippen molar-refractivity contribution in [3.8, 4) is 0 Å². The summed E-state index contributed by atoms with van der Waals surface area (Å²) in [6.45, 7) is 5.79. The average Bonchev–Trinajstić information content (AvgIpc) is 2.69. The summed E-state index contributed by atoms with van der Waals surface area (Å²) in [6.07, 6.45) is 10.5. The van der Waals surface area contributed by atoms with Gasteiger partial charge in [-0.05, 0) is 62.6 Å². The zero-order valence-electron chi connectivity index (χ0n) is 16.2. The Labute approximate surface area is 160 Å². The first-order valence-electron chi connectivity index (χ1n) is 10.0. The highest BCUT2D eigenvalue weighted by Gasteiger charge is 2.21. The molecule has 27 heavy (non-hydrogen) atoms. The Balaban J connectivity index is 1.83. The van der Waals surface area contributed by atoms with Gasteiger partial charge in [0.15, 0.2) is 0 Å². The van der Waals surface area contributed by atoms with Crippen LogP contribution in [0.5, 0.6) is 0 Å². The Hall–Kier alpha value is -2.17. The lowest BCUT2D eigenvalue weighted by Crippen LogP contribution is -2.38. The predicted molar refractivity (Wildman–Crippen MR) is 111 cm³/mol. The molecule has 1 aliphatic heterocycles. The van der Waals surface area contributed by atoms with Crippen molar-refractivity contribution in [2.24, 2.45) is 0 Å². The van der Waals surface area contributed by atoms with Gasteiger partial charge in [0.2, 0.25) is 0 Å². The third kappa shape index (κ3) is 3.64. The van der Waals surface area contributed by atoms with E-state index in [2.05, 4.69) is 36.5 Å². The standard InChI is InChI=1S/C23H28N2O2/c1-16-7-6-8-18-15-21(17(2)24-19-11-13-27-14-12-19)25(23(26)22(16)18)20-9-4-3-5-10-20/h4,6-10,15,17,19,24H,3,5,11-14H2,1-2H3/t17-/m0/s1. The van der Waals surface area contributed by atoms with Gasteiger partial charge in [-0.1, -0.05) is 30.4 Å². The Kier molecular flexibility index (Phi) is 5.28. The van der Waals surface area contributed by atoms with Crippen LogP contribution in [-0.4, -0.2) is 23.8 Å². The monoisotopic (exact) mass is 364 g/mol. The van der Waals surface area contributed by atoms with Crippen molar-refractivity contribution in [1.29, 1.82) is 0 Å². The SMILES string of the molecule is Cc1cccc2cc([C@H](C)NC3CCOCC3)n(C3=CCCC=C3)c(=O)c12. The molecule has 0 saturated carbocycles. The number of aryl methyl sites for hydroxylation is 1. The molecule has 2 aromatic rings. The molecular formula is C23H28N2O2. The highest BCUT2D eigenvalue weighted by molar-refractivity contribution is 5.86. The largest absolute Gasteiger partial charge is 0.381 e. The molecule has 1 atom stereocenters. The molecule has 1 N–H and O–H groups in total. The fourth-order valence-corrected chi connectivity index (χ4v) is 4.21. The normalized spacial score (nSPS) is 19.3. The van der Waals surface area contributed by atoms with Gasteiger partial charge in [0.1, 0.15) is 0 Å². The number of hydrogen-bond acceptors (Lipinski definition) is 3. The molecule has 1 saturated heterocycles. The molecule has 0 amide bonds. The molecule has 0 radical (unpaired) electrons. The minimum Gasteiger partial charge on any atom is -0.381 e. The maximum absolute atomic E-state index is 13.5. The third-order valence-corrected chi connectivity index (χ3v) is 5.67. The van der Waals surface area contributed by atoms with Crippen molar-refractivity contribution < 1.29 is 4.74 Å². The van der Waals surface area contributed by atoms with Gasteiger partial charge >= 0.3 is 0 Å². The van der Waals surface area contributed by atoms with E-state index in [4.69, 9.17) is 4.74 Å². The van der Waals surface area contributed by atoms with Gasteiger partial charge in [-0.25, -0.2) is 0 Å². The second-order valence-corrected chi connectivity index (χ2v) is 7.63. The fourth-order valence-electron chi connectivity index (χ4n) is 4.21. The molecule has 0 spiro atoms. The molecular weight excluding hydrogens is 336 g/mol. The lowest BCUT2D eigenvalue weighted by molar-refractivity contribution is 0.0752. The van der Waals surface area contributed by atoms with Gasteiger partial charge in [-0.2, -0.15) is 0 Å². The summed E-state index contributed by atoms with van der Waals surface area (Å²) in [5.41, 5.74) is 3.14. The fraction of sp³-hybridized carbons (Fsp3) is 0.435. The van der Waals surface area contributed by atoms with Crippen molar-refractivity contribution in [2.45, 2.75) is 51.6 Å². The van der Waals surface area contributed by atoms with E-state index in [0.29, 0.717) is 6.04 Å². The maximum Gasteiger partial charge on any atom is 0.263 e. The van der Waals surface area contributed by atoms with E-state index in [0.717, 1.165) is 66.6 Å². The molecule has 4 nitrogen and oxygen atoms in total. The minimum atomic E-state index is 0.0824. The first-order chi connectivity index (χ1) is 13.1. The predicted octanol–water partition coefficient (Wildman–Crippen LogP) is 4.33. The quantitative estimate of drug-likeness (QED) is 0.878. The number of nitrogens with zero attached hydrogens (tertiary/aromatic N) is 1. The molecule has 0 bridgehead atoms. The zero-order valence-corrected chi connectivity index (χ0v) is 16.2. The Morgan fingerprint density at radius 2 is 2.04 bits per heavy atom. The van der Waals surface area contributed by atoms with Gasteiger partial charge in [0.25, 0.3) is 5.56 Å². The maximum atomic E-state index is 13.5. The van der Waals surface area contributed by atoms with E-state index >= 15 is 0 Å². The Morgan fingerprint density at radius 1 is 1.22 bits per heavy atom. The van der Waals surface area contributed by atoms with Crippen molar-refractivity contribution in [2.75, 3.05) is 13.2 Å². The van der Waals surface area contributed by atoms with Crippen LogP contribution in [0.2, 0.25) is 0 Å². The van der Waals surface area contributed by atoms with Gasteiger partial charge in [-0.15, -0.1) is 0 Å². The third-order valence-electron chi connectivity index (χ3n) is 5.67. The van der Waals surface area contributed by atoms with Gasteiger partial charge in [0, 0.05) is 36.7 Å². The topological polar surface area (TPSA) is 43.3 Å². The van der Waals surface area contributed by atoms with E-state index in [9.17, 15) is 4.79 Å². The molecule has 2 heterocycles. The first kappa shape index (κ1) is 18.2. The molecule has 4 rings (SSSR count). The van der Waals surface area contributed by atoms with Gasteiger partial charge in [0.05, 0.1) is 5.39 Å². The average molecular weight is 364 g/mol. The molecule has 0 unspecified atom stereocenters. The zero-order chi connectivity index (χ0) is 18.8. The Morgan fingerprint density at radius 3 is 2.78 bits per heavy atom. The number of aromatic nitrogens is 1. The summed E-state index contributed by atoms with van der Waals surface area (Å²) < 4.78 is 7.40. The molecule has 2 aliphatic rings. The Bertz CT molecular complexity index is 949. The van der Waals surface area contributed by atoms with Crippen molar-refractivity contribution >= 4 is 16.5 Å². The van der Waals surface area contributed by atoms with Crippen LogP contribution in [-0.2, 0) is 4.74 Å². The molecule has 1 fully saturated rings. The minimum absolute atomic E-state index is 0.0824. The highest BCUT2D eigenvalue weighted by Crippen LogP contribution is 2.25. The molecule has 1 aliphatic carbocycles. The van der Waals surface area contributed by atoms with Crippen LogP contribution in [0.4, 0.5) is 0 Å². The summed E-state index contributed by atoms with van der Waals surface area (Å²) in [4.78, 5) is 13.5. The van der Waals surface area contributed by atoms with E-state index in [1.165, 1.54) is 0 Å². The van der Waals surface area contributed by atoms with Crippen LogP contribution >= 0.6 is 0 Å². The summed E-state index contributed by atoms with van der Waals surface area (Å²) in [7, 11) is 0. The molecule has 1 aromatic carbocycles. The second-order valence-electron chi connectivity index (χ2n) is 7.63. The van der Waals surface area contributed by atoms with Gasteiger partial charge in [-0.3, -0.25) is 9.36 Å². The van der Waals surface area contributed by atoms with Crippen LogP contribution in [0, 0.1) is 6.92 Å². The number of benzene rings is 1.